The summed E-state index contributed by atoms with van der Waals surface area (Å²) in [6, 6.07) is 5.05. The fourth-order valence-electron chi connectivity index (χ4n) is 3.64. The summed E-state index contributed by atoms with van der Waals surface area (Å²) in [5.41, 5.74) is 0.863. The van der Waals surface area contributed by atoms with E-state index in [2.05, 4.69) is 15.2 Å². The van der Waals surface area contributed by atoms with Crippen molar-refractivity contribution in [3.63, 3.8) is 0 Å². The first kappa shape index (κ1) is 15.9. The number of halogens is 1. The van der Waals surface area contributed by atoms with Crippen LogP contribution in [0, 0.1) is 5.82 Å². The molecule has 0 aliphatic carbocycles. The molecule has 1 aromatic carbocycles. The molecule has 2 saturated heterocycles. The highest BCUT2D eigenvalue weighted by molar-refractivity contribution is 7.18. The maximum absolute atomic E-state index is 13.3. The van der Waals surface area contributed by atoms with E-state index in [1.54, 1.807) is 23.5 Å². The van der Waals surface area contributed by atoms with E-state index < -0.39 is 0 Å². The van der Waals surface area contributed by atoms with Gasteiger partial charge in [0, 0.05) is 25.7 Å². The van der Waals surface area contributed by atoms with E-state index in [0.29, 0.717) is 12.6 Å². The standard InChI is InChI=1S/C17H21FN4OS/c18-12-3-4-14-15(8-12)24-16(20-14)11-21-6-1-2-13(10-21)22-7-5-19-9-17(22)23/h3-4,8,13,19H,1-2,5-7,9-11H2. The Kier molecular flexibility index (Phi) is 4.47. The summed E-state index contributed by atoms with van der Waals surface area (Å²) < 4.78 is 14.2. The van der Waals surface area contributed by atoms with Gasteiger partial charge in [0.15, 0.2) is 0 Å². The molecule has 0 radical (unpaired) electrons. The van der Waals surface area contributed by atoms with E-state index in [0.717, 1.165) is 60.8 Å². The molecule has 2 aromatic rings. The molecule has 1 atom stereocenters. The van der Waals surface area contributed by atoms with Crippen molar-refractivity contribution in [2.24, 2.45) is 0 Å². The van der Waals surface area contributed by atoms with Crippen LogP contribution >= 0.6 is 11.3 Å². The first-order valence-corrected chi connectivity index (χ1v) is 9.28. The van der Waals surface area contributed by atoms with Crippen LogP contribution in [0.3, 0.4) is 0 Å². The molecule has 2 aliphatic rings. The number of likely N-dealkylation sites (tertiary alicyclic amines) is 1. The smallest absolute Gasteiger partial charge is 0.236 e. The SMILES string of the molecule is O=C1CNCCN1C1CCCN(Cc2nc3ccc(F)cc3s2)C1. The van der Waals surface area contributed by atoms with Gasteiger partial charge in [-0.25, -0.2) is 9.37 Å². The first-order chi connectivity index (χ1) is 11.7. The molecule has 1 unspecified atom stereocenters. The van der Waals surface area contributed by atoms with Crippen LogP contribution in [-0.2, 0) is 11.3 Å². The van der Waals surface area contributed by atoms with Gasteiger partial charge in [0.1, 0.15) is 10.8 Å². The number of amides is 1. The van der Waals surface area contributed by atoms with Crippen LogP contribution in [0.5, 0.6) is 0 Å². The second kappa shape index (κ2) is 6.74. The minimum absolute atomic E-state index is 0.212. The Balaban J connectivity index is 1.44. The lowest BCUT2D eigenvalue weighted by atomic mass is 10.0. The summed E-state index contributed by atoms with van der Waals surface area (Å²) in [6.45, 7) is 4.85. The number of hydrogen-bond donors (Lipinski definition) is 1. The molecule has 2 fully saturated rings. The van der Waals surface area contributed by atoms with Gasteiger partial charge in [-0.1, -0.05) is 0 Å². The molecule has 4 rings (SSSR count). The fourth-order valence-corrected chi connectivity index (χ4v) is 4.68. The predicted molar refractivity (Wildman–Crippen MR) is 92.5 cm³/mol. The number of nitrogens with zero attached hydrogens (tertiary/aromatic N) is 3. The average Bonchev–Trinajstić information content (AvgIpc) is 2.97. The van der Waals surface area contributed by atoms with E-state index >= 15 is 0 Å². The Morgan fingerprint density at radius 3 is 3.17 bits per heavy atom. The van der Waals surface area contributed by atoms with Gasteiger partial charge >= 0.3 is 0 Å². The lowest BCUT2D eigenvalue weighted by molar-refractivity contribution is -0.135. The number of piperidine rings is 1. The topological polar surface area (TPSA) is 48.5 Å². The third-order valence-corrected chi connectivity index (χ3v) is 5.80. The molecule has 7 heteroatoms. The summed E-state index contributed by atoms with van der Waals surface area (Å²) in [6.07, 6.45) is 2.18. The minimum atomic E-state index is -0.215. The highest BCUT2D eigenvalue weighted by Gasteiger charge is 2.30. The van der Waals surface area contributed by atoms with Gasteiger partial charge in [0.05, 0.1) is 23.3 Å². The van der Waals surface area contributed by atoms with Crippen molar-refractivity contribution >= 4 is 27.5 Å². The van der Waals surface area contributed by atoms with Crippen LogP contribution in [0.1, 0.15) is 17.8 Å². The van der Waals surface area contributed by atoms with Gasteiger partial charge in [-0.2, -0.15) is 0 Å². The predicted octanol–water partition coefficient (Wildman–Crippen LogP) is 1.83. The molecule has 128 valence electrons. The van der Waals surface area contributed by atoms with Gasteiger partial charge in [0.25, 0.3) is 0 Å². The third kappa shape index (κ3) is 3.29. The lowest BCUT2D eigenvalue weighted by Gasteiger charge is -2.40. The van der Waals surface area contributed by atoms with E-state index in [1.807, 2.05) is 4.90 Å². The highest BCUT2D eigenvalue weighted by Crippen LogP contribution is 2.25. The second-order valence-corrected chi connectivity index (χ2v) is 7.63. The maximum atomic E-state index is 13.3. The van der Waals surface area contributed by atoms with E-state index in [4.69, 9.17) is 0 Å². The van der Waals surface area contributed by atoms with Gasteiger partial charge in [-0.05, 0) is 37.6 Å². The molecule has 1 amide bonds. The quantitative estimate of drug-likeness (QED) is 0.919. The van der Waals surface area contributed by atoms with Crippen LogP contribution in [0.4, 0.5) is 4.39 Å². The maximum Gasteiger partial charge on any atom is 0.236 e. The van der Waals surface area contributed by atoms with Gasteiger partial charge in [-0.3, -0.25) is 9.69 Å². The van der Waals surface area contributed by atoms with Crippen molar-refractivity contribution in [3.05, 3.63) is 29.0 Å². The molecule has 2 aliphatic heterocycles. The van der Waals surface area contributed by atoms with Crippen LogP contribution in [0.15, 0.2) is 18.2 Å². The number of carbonyl (C=O) groups excluding carboxylic acids is 1. The van der Waals surface area contributed by atoms with Crippen molar-refractivity contribution < 1.29 is 9.18 Å². The van der Waals surface area contributed by atoms with Gasteiger partial charge in [-0.15, -0.1) is 11.3 Å². The number of aromatic nitrogens is 1. The van der Waals surface area contributed by atoms with Crippen molar-refractivity contribution in [2.75, 3.05) is 32.7 Å². The number of thiazole rings is 1. The average molecular weight is 348 g/mol. The van der Waals surface area contributed by atoms with Gasteiger partial charge < -0.3 is 10.2 Å². The number of fused-ring (bicyclic) bond motifs is 1. The second-order valence-electron chi connectivity index (χ2n) is 6.51. The van der Waals surface area contributed by atoms with Crippen LogP contribution in [0.25, 0.3) is 10.2 Å². The van der Waals surface area contributed by atoms with Crippen LogP contribution in [0.2, 0.25) is 0 Å². The Hall–Kier alpha value is -1.57. The van der Waals surface area contributed by atoms with E-state index in [-0.39, 0.29) is 11.7 Å². The molecule has 5 nitrogen and oxygen atoms in total. The molecule has 0 bridgehead atoms. The molecular weight excluding hydrogens is 327 g/mol. The van der Waals surface area contributed by atoms with E-state index in [1.165, 1.54) is 6.07 Å². The highest BCUT2D eigenvalue weighted by atomic mass is 32.1. The first-order valence-electron chi connectivity index (χ1n) is 8.46. The molecule has 3 heterocycles. The van der Waals surface area contributed by atoms with Gasteiger partial charge in [0.2, 0.25) is 5.91 Å². The monoisotopic (exact) mass is 348 g/mol. The zero-order valence-electron chi connectivity index (χ0n) is 13.5. The number of nitrogens with one attached hydrogen (secondary N) is 1. The lowest BCUT2D eigenvalue weighted by Crippen LogP contribution is -2.56. The third-order valence-electron chi connectivity index (χ3n) is 4.80. The number of benzene rings is 1. The number of rotatable bonds is 3. The summed E-state index contributed by atoms with van der Waals surface area (Å²) in [4.78, 5) is 21.1. The Morgan fingerprint density at radius 2 is 2.29 bits per heavy atom. The molecular formula is C17H21FN4OS. The summed E-state index contributed by atoms with van der Waals surface area (Å²) in [5.74, 6) is -0.00322. The van der Waals surface area contributed by atoms with Crippen LogP contribution in [-0.4, -0.2) is 59.5 Å². The van der Waals surface area contributed by atoms with E-state index in [9.17, 15) is 9.18 Å². The summed E-state index contributed by atoms with van der Waals surface area (Å²) in [7, 11) is 0. The van der Waals surface area contributed by atoms with Crippen molar-refractivity contribution in [3.8, 4) is 0 Å². The molecule has 1 aromatic heterocycles. The summed E-state index contributed by atoms with van der Waals surface area (Å²) in [5, 5.41) is 4.15. The number of piperazine rings is 1. The zero-order valence-corrected chi connectivity index (χ0v) is 14.3. The number of hydrogen-bond acceptors (Lipinski definition) is 5. The molecule has 0 saturated carbocycles. The van der Waals surface area contributed by atoms with Crippen molar-refractivity contribution in [2.45, 2.75) is 25.4 Å². The molecule has 0 spiro atoms. The summed E-state index contributed by atoms with van der Waals surface area (Å²) >= 11 is 1.56. The Bertz CT molecular complexity index is 749. The molecule has 24 heavy (non-hydrogen) atoms. The van der Waals surface area contributed by atoms with Crippen LogP contribution < -0.4 is 5.32 Å². The Labute approximate surface area is 144 Å². The zero-order chi connectivity index (χ0) is 16.5. The minimum Gasteiger partial charge on any atom is -0.336 e. The van der Waals surface area contributed by atoms with Crippen molar-refractivity contribution in [1.82, 2.24) is 20.1 Å². The largest absolute Gasteiger partial charge is 0.336 e. The normalized spacial score (nSPS) is 23.1. The van der Waals surface area contributed by atoms with Crippen molar-refractivity contribution in [1.29, 1.82) is 0 Å². The fraction of sp³-hybridized carbons (Fsp3) is 0.529. The Morgan fingerprint density at radius 1 is 1.38 bits per heavy atom. The molecule has 1 N–H and O–H groups in total. The number of carbonyl (C=O) groups is 1.